The van der Waals surface area contributed by atoms with Crippen LogP contribution in [0.3, 0.4) is 0 Å². The number of hydrogen-bond acceptors (Lipinski definition) is 3. The molecular weight excluding hydrogens is 272 g/mol. The van der Waals surface area contributed by atoms with Gasteiger partial charge in [0.15, 0.2) is 0 Å². The maximum absolute atomic E-state index is 6.18. The van der Waals surface area contributed by atoms with Gasteiger partial charge >= 0.3 is 0 Å². The number of hydrogen-bond donors (Lipinski definition) is 1. The molecule has 0 unspecified atom stereocenters. The summed E-state index contributed by atoms with van der Waals surface area (Å²) in [6, 6.07) is 7.86. The zero-order valence-electron chi connectivity index (χ0n) is 12.0. The van der Waals surface area contributed by atoms with E-state index in [1.54, 1.807) is 6.20 Å². The molecule has 1 N–H and O–H groups in total. The van der Waals surface area contributed by atoms with Crippen LogP contribution in [0.2, 0.25) is 5.02 Å². The number of nitrogens with one attached hydrogen (secondary N) is 1. The molecule has 0 saturated carbocycles. The molecule has 108 valence electrons. The molecule has 1 aromatic heterocycles. The number of nitrogens with zero attached hydrogens (tertiary/aromatic N) is 1. The average molecular weight is 293 g/mol. The van der Waals surface area contributed by atoms with Crippen molar-refractivity contribution in [2.24, 2.45) is 5.92 Å². The number of halogens is 1. The molecule has 0 aliphatic carbocycles. The molecule has 1 heterocycles. The number of pyridine rings is 1. The van der Waals surface area contributed by atoms with E-state index in [0.717, 1.165) is 47.8 Å². The van der Waals surface area contributed by atoms with Crippen molar-refractivity contribution in [3.63, 3.8) is 0 Å². The van der Waals surface area contributed by atoms with E-state index in [4.69, 9.17) is 16.3 Å². The standard InChI is InChI=1S/C16H21ClN2O/c1-12(2)11-20-9-8-18-10-13-5-6-15(17)14-4-3-7-19-16(13)14/h3-7,12,18H,8-11H2,1-2H3. The zero-order valence-corrected chi connectivity index (χ0v) is 12.8. The van der Waals surface area contributed by atoms with Gasteiger partial charge in [0.25, 0.3) is 0 Å². The summed E-state index contributed by atoms with van der Waals surface area (Å²) in [4.78, 5) is 4.42. The zero-order chi connectivity index (χ0) is 14.4. The summed E-state index contributed by atoms with van der Waals surface area (Å²) in [7, 11) is 0. The van der Waals surface area contributed by atoms with Gasteiger partial charge in [-0.2, -0.15) is 0 Å². The van der Waals surface area contributed by atoms with Gasteiger partial charge in [-0.25, -0.2) is 0 Å². The van der Waals surface area contributed by atoms with Gasteiger partial charge in [0.2, 0.25) is 0 Å². The van der Waals surface area contributed by atoms with Crippen LogP contribution in [-0.4, -0.2) is 24.7 Å². The first-order chi connectivity index (χ1) is 9.68. The lowest BCUT2D eigenvalue weighted by molar-refractivity contribution is 0.111. The molecule has 0 bridgehead atoms. The van der Waals surface area contributed by atoms with E-state index in [9.17, 15) is 0 Å². The minimum atomic E-state index is 0.583. The summed E-state index contributed by atoms with van der Waals surface area (Å²) in [5.74, 6) is 0.583. The highest BCUT2D eigenvalue weighted by Gasteiger charge is 2.05. The first kappa shape index (κ1) is 15.2. The van der Waals surface area contributed by atoms with Crippen LogP contribution >= 0.6 is 11.6 Å². The SMILES string of the molecule is CC(C)COCCNCc1ccc(Cl)c2cccnc12. The average Bonchev–Trinajstić information content (AvgIpc) is 2.45. The molecule has 2 rings (SSSR count). The van der Waals surface area contributed by atoms with Crippen LogP contribution in [0.1, 0.15) is 19.4 Å². The van der Waals surface area contributed by atoms with Gasteiger partial charge in [-0.15, -0.1) is 0 Å². The summed E-state index contributed by atoms with van der Waals surface area (Å²) in [6.07, 6.45) is 1.80. The largest absolute Gasteiger partial charge is 0.380 e. The van der Waals surface area contributed by atoms with Crippen molar-refractivity contribution >= 4 is 22.5 Å². The van der Waals surface area contributed by atoms with Gasteiger partial charge in [0, 0.05) is 36.3 Å². The van der Waals surface area contributed by atoms with Crippen LogP contribution in [0.5, 0.6) is 0 Å². The van der Waals surface area contributed by atoms with Gasteiger partial charge in [-0.3, -0.25) is 4.98 Å². The Labute approximate surface area is 125 Å². The molecule has 0 aliphatic heterocycles. The quantitative estimate of drug-likeness (QED) is 0.791. The highest BCUT2D eigenvalue weighted by atomic mass is 35.5. The fourth-order valence-corrected chi connectivity index (χ4v) is 2.24. The lowest BCUT2D eigenvalue weighted by atomic mass is 10.1. The normalized spacial score (nSPS) is 11.4. The monoisotopic (exact) mass is 292 g/mol. The Morgan fingerprint density at radius 1 is 1.30 bits per heavy atom. The van der Waals surface area contributed by atoms with Crippen LogP contribution in [0.4, 0.5) is 0 Å². The van der Waals surface area contributed by atoms with Crippen molar-refractivity contribution in [3.8, 4) is 0 Å². The Kier molecular flexibility index (Phi) is 5.77. The van der Waals surface area contributed by atoms with E-state index < -0.39 is 0 Å². The first-order valence-corrected chi connectivity index (χ1v) is 7.37. The Hall–Kier alpha value is -1.16. The predicted molar refractivity (Wildman–Crippen MR) is 84.1 cm³/mol. The topological polar surface area (TPSA) is 34.1 Å². The van der Waals surface area contributed by atoms with Gasteiger partial charge < -0.3 is 10.1 Å². The molecule has 3 nitrogen and oxygen atoms in total. The summed E-state index contributed by atoms with van der Waals surface area (Å²) in [5, 5.41) is 5.13. The van der Waals surface area contributed by atoms with E-state index in [2.05, 4.69) is 24.1 Å². The van der Waals surface area contributed by atoms with Crippen LogP contribution in [0, 0.1) is 5.92 Å². The molecule has 0 aliphatic rings. The molecule has 0 spiro atoms. The number of benzene rings is 1. The van der Waals surface area contributed by atoms with E-state index in [1.165, 1.54) is 0 Å². The number of ether oxygens (including phenoxy) is 1. The minimum Gasteiger partial charge on any atom is -0.380 e. The fourth-order valence-electron chi connectivity index (χ4n) is 2.03. The Morgan fingerprint density at radius 3 is 2.95 bits per heavy atom. The van der Waals surface area contributed by atoms with Gasteiger partial charge in [-0.1, -0.05) is 31.5 Å². The summed E-state index contributed by atoms with van der Waals surface area (Å²) >= 11 is 6.18. The Balaban J connectivity index is 1.89. The minimum absolute atomic E-state index is 0.583. The second-order valence-electron chi connectivity index (χ2n) is 5.25. The Morgan fingerprint density at radius 2 is 2.15 bits per heavy atom. The van der Waals surface area contributed by atoms with Gasteiger partial charge in [-0.05, 0) is 29.7 Å². The van der Waals surface area contributed by atoms with Crippen molar-refractivity contribution in [2.45, 2.75) is 20.4 Å². The molecule has 0 amide bonds. The van der Waals surface area contributed by atoms with E-state index in [-0.39, 0.29) is 0 Å². The number of rotatable bonds is 7. The maximum atomic E-state index is 6.18. The van der Waals surface area contributed by atoms with Crippen LogP contribution in [-0.2, 0) is 11.3 Å². The summed E-state index contributed by atoms with van der Waals surface area (Å²) in [6.45, 7) is 7.46. The molecule has 1 aromatic carbocycles. The highest BCUT2D eigenvalue weighted by Crippen LogP contribution is 2.24. The lowest BCUT2D eigenvalue weighted by Crippen LogP contribution is -2.20. The van der Waals surface area contributed by atoms with Crippen molar-refractivity contribution in [3.05, 3.63) is 41.0 Å². The van der Waals surface area contributed by atoms with E-state index in [0.29, 0.717) is 5.92 Å². The third-order valence-electron chi connectivity index (χ3n) is 2.99. The maximum Gasteiger partial charge on any atom is 0.0761 e. The molecular formula is C16H21ClN2O. The smallest absolute Gasteiger partial charge is 0.0761 e. The Bertz CT molecular complexity index is 557. The van der Waals surface area contributed by atoms with Crippen LogP contribution in [0.15, 0.2) is 30.5 Å². The van der Waals surface area contributed by atoms with E-state index >= 15 is 0 Å². The van der Waals surface area contributed by atoms with E-state index in [1.807, 2.05) is 24.3 Å². The molecule has 0 saturated heterocycles. The summed E-state index contributed by atoms with van der Waals surface area (Å²) in [5.41, 5.74) is 2.13. The molecule has 0 radical (unpaired) electrons. The third kappa shape index (κ3) is 4.17. The number of aromatic nitrogens is 1. The summed E-state index contributed by atoms with van der Waals surface area (Å²) < 4.78 is 5.54. The van der Waals surface area contributed by atoms with Crippen molar-refractivity contribution in [1.29, 1.82) is 0 Å². The second kappa shape index (κ2) is 7.58. The van der Waals surface area contributed by atoms with Crippen molar-refractivity contribution < 1.29 is 4.74 Å². The second-order valence-corrected chi connectivity index (χ2v) is 5.66. The van der Waals surface area contributed by atoms with Crippen molar-refractivity contribution in [2.75, 3.05) is 19.8 Å². The molecule has 2 aromatic rings. The predicted octanol–water partition coefficient (Wildman–Crippen LogP) is 3.65. The van der Waals surface area contributed by atoms with Gasteiger partial charge in [0.05, 0.1) is 12.1 Å². The van der Waals surface area contributed by atoms with Crippen LogP contribution in [0.25, 0.3) is 10.9 Å². The highest BCUT2D eigenvalue weighted by molar-refractivity contribution is 6.35. The lowest BCUT2D eigenvalue weighted by Gasteiger charge is -2.10. The molecule has 0 fully saturated rings. The number of fused-ring (bicyclic) bond motifs is 1. The van der Waals surface area contributed by atoms with Crippen molar-refractivity contribution in [1.82, 2.24) is 10.3 Å². The molecule has 0 atom stereocenters. The molecule has 4 heteroatoms. The third-order valence-corrected chi connectivity index (χ3v) is 3.32. The molecule has 20 heavy (non-hydrogen) atoms. The van der Waals surface area contributed by atoms with Crippen LogP contribution < -0.4 is 5.32 Å². The fraction of sp³-hybridized carbons (Fsp3) is 0.438. The first-order valence-electron chi connectivity index (χ1n) is 6.99. The van der Waals surface area contributed by atoms with Gasteiger partial charge in [0.1, 0.15) is 0 Å².